The molecule has 0 atom stereocenters. The normalized spacial score (nSPS) is 10.6. The Bertz CT molecular complexity index is 1390. The number of benzene rings is 2. The van der Waals surface area contributed by atoms with Crippen molar-refractivity contribution in [3.8, 4) is 11.5 Å². The Labute approximate surface area is 191 Å². The van der Waals surface area contributed by atoms with Gasteiger partial charge < -0.3 is 14.5 Å². The number of ether oxygens (including phenoxy) is 1. The lowest BCUT2D eigenvalue weighted by Gasteiger charge is -2.10. The molecule has 2 aromatic heterocycles. The van der Waals surface area contributed by atoms with Crippen LogP contribution in [0.2, 0.25) is 0 Å². The van der Waals surface area contributed by atoms with Gasteiger partial charge in [-0.25, -0.2) is 0 Å². The molecule has 0 saturated heterocycles. The molecule has 12 nitrogen and oxygen atoms in total. The van der Waals surface area contributed by atoms with Gasteiger partial charge in [-0.1, -0.05) is 18.2 Å². The number of non-ortho nitro benzene ring substituents is 1. The summed E-state index contributed by atoms with van der Waals surface area (Å²) in [5.74, 6) is 0.351. The number of furan rings is 1. The van der Waals surface area contributed by atoms with Crippen LogP contribution < -0.4 is 10.1 Å². The largest absolute Gasteiger partial charge is 0.457 e. The minimum atomic E-state index is -0.639. The number of nitro groups is 2. The van der Waals surface area contributed by atoms with Crippen molar-refractivity contribution in [2.24, 2.45) is 0 Å². The number of aryl methyl sites for hydroxylation is 1. The number of carbonyl (C=O) groups excluding carboxylic acids is 1. The number of anilines is 1. The van der Waals surface area contributed by atoms with Crippen LogP contribution in [0.4, 0.5) is 17.1 Å². The van der Waals surface area contributed by atoms with E-state index in [0.29, 0.717) is 11.5 Å². The van der Waals surface area contributed by atoms with Gasteiger partial charge in [0.2, 0.25) is 0 Å². The Balaban J connectivity index is 1.51. The molecule has 1 amide bonds. The number of amides is 1. The fourth-order valence-electron chi connectivity index (χ4n) is 3.09. The molecule has 0 spiro atoms. The van der Waals surface area contributed by atoms with Gasteiger partial charge in [0.25, 0.3) is 11.6 Å². The Morgan fingerprint density at radius 2 is 1.85 bits per heavy atom. The molecule has 0 unspecified atom stereocenters. The number of hydrogen-bond acceptors (Lipinski definition) is 8. The van der Waals surface area contributed by atoms with E-state index in [1.54, 1.807) is 12.1 Å². The highest BCUT2D eigenvalue weighted by molar-refractivity contribution is 6.02. The molecule has 34 heavy (non-hydrogen) atoms. The summed E-state index contributed by atoms with van der Waals surface area (Å²) in [6, 6.07) is 14.1. The van der Waals surface area contributed by atoms with E-state index in [1.165, 1.54) is 41.2 Å². The molecule has 1 N–H and O–H groups in total. The predicted molar refractivity (Wildman–Crippen MR) is 119 cm³/mol. The van der Waals surface area contributed by atoms with Gasteiger partial charge in [0.05, 0.1) is 28.1 Å². The van der Waals surface area contributed by atoms with Crippen LogP contribution in [0.15, 0.2) is 71.4 Å². The van der Waals surface area contributed by atoms with Gasteiger partial charge in [-0.3, -0.25) is 29.7 Å². The summed E-state index contributed by atoms with van der Waals surface area (Å²) in [5.41, 5.74) is 0.550. The first-order valence-corrected chi connectivity index (χ1v) is 9.88. The molecule has 2 aromatic carbocycles. The molecule has 172 valence electrons. The van der Waals surface area contributed by atoms with Gasteiger partial charge in [0, 0.05) is 12.1 Å². The van der Waals surface area contributed by atoms with Crippen LogP contribution in [0.3, 0.4) is 0 Å². The Morgan fingerprint density at radius 1 is 1.09 bits per heavy atom. The van der Waals surface area contributed by atoms with Crippen LogP contribution in [0.1, 0.15) is 21.9 Å². The fourth-order valence-corrected chi connectivity index (χ4v) is 3.09. The van der Waals surface area contributed by atoms with Crippen molar-refractivity contribution in [2.75, 3.05) is 5.32 Å². The van der Waals surface area contributed by atoms with Crippen molar-refractivity contribution >= 4 is 23.0 Å². The van der Waals surface area contributed by atoms with Crippen LogP contribution in [-0.4, -0.2) is 25.5 Å². The molecular formula is C22H17N5O7. The van der Waals surface area contributed by atoms with E-state index in [0.717, 1.165) is 11.8 Å². The minimum Gasteiger partial charge on any atom is -0.457 e. The van der Waals surface area contributed by atoms with Crippen LogP contribution in [-0.2, 0) is 6.54 Å². The lowest BCUT2D eigenvalue weighted by atomic mass is 10.2. The summed E-state index contributed by atoms with van der Waals surface area (Å²) >= 11 is 0. The number of aromatic nitrogens is 2. The molecule has 0 aliphatic carbocycles. The quantitative estimate of drug-likeness (QED) is 0.291. The number of nitrogens with one attached hydrogen (secondary N) is 1. The molecule has 0 saturated carbocycles. The summed E-state index contributed by atoms with van der Waals surface area (Å²) in [4.78, 5) is 33.6. The second kappa shape index (κ2) is 9.24. The first-order chi connectivity index (χ1) is 16.3. The van der Waals surface area contributed by atoms with Crippen LogP contribution in [0.5, 0.6) is 11.5 Å². The Morgan fingerprint density at radius 3 is 2.56 bits per heavy atom. The first-order valence-electron chi connectivity index (χ1n) is 9.88. The van der Waals surface area contributed by atoms with E-state index in [2.05, 4.69) is 10.4 Å². The third-order valence-corrected chi connectivity index (χ3v) is 4.72. The lowest BCUT2D eigenvalue weighted by Crippen LogP contribution is -2.11. The van der Waals surface area contributed by atoms with E-state index in [1.807, 2.05) is 19.1 Å². The molecule has 0 aliphatic heterocycles. The first kappa shape index (κ1) is 22.2. The molecule has 12 heteroatoms. The average molecular weight is 463 g/mol. The van der Waals surface area contributed by atoms with Gasteiger partial charge in [0.15, 0.2) is 5.76 Å². The third kappa shape index (κ3) is 5.07. The summed E-state index contributed by atoms with van der Waals surface area (Å²) in [6.07, 6.45) is 2.34. The van der Waals surface area contributed by atoms with Crippen LogP contribution in [0, 0.1) is 27.2 Å². The van der Waals surface area contributed by atoms with E-state index in [9.17, 15) is 25.0 Å². The smallest absolute Gasteiger partial charge is 0.307 e. The SMILES string of the molecule is Cc1ccccc1Oc1cc(NC(=O)c2ccc(Cn3cc([N+](=O)[O-])cn3)o2)cc([N+](=O)[O-])c1. The molecular weight excluding hydrogens is 446 g/mol. The highest BCUT2D eigenvalue weighted by Gasteiger charge is 2.17. The highest BCUT2D eigenvalue weighted by atomic mass is 16.6. The van der Waals surface area contributed by atoms with Gasteiger partial charge >= 0.3 is 5.69 Å². The molecule has 0 radical (unpaired) electrons. The maximum atomic E-state index is 12.7. The van der Waals surface area contributed by atoms with Gasteiger partial charge in [-0.15, -0.1) is 0 Å². The average Bonchev–Trinajstić information content (AvgIpc) is 3.45. The number of carbonyl (C=O) groups is 1. The van der Waals surface area contributed by atoms with Crippen molar-refractivity contribution < 1.29 is 23.8 Å². The number of rotatable bonds is 8. The van der Waals surface area contributed by atoms with E-state index >= 15 is 0 Å². The van der Waals surface area contributed by atoms with E-state index in [4.69, 9.17) is 9.15 Å². The number of para-hydroxylation sites is 1. The van der Waals surface area contributed by atoms with E-state index in [-0.39, 0.29) is 35.1 Å². The Kier molecular flexibility index (Phi) is 6.03. The number of hydrogen-bond donors (Lipinski definition) is 1. The zero-order valence-electron chi connectivity index (χ0n) is 17.7. The maximum absolute atomic E-state index is 12.7. The summed E-state index contributed by atoms with van der Waals surface area (Å²) < 4.78 is 12.6. The third-order valence-electron chi connectivity index (χ3n) is 4.72. The van der Waals surface area contributed by atoms with Crippen molar-refractivity contribution in [2.45, 2.75) is 13.5 Å². The Hall–Kier alpha value is -5.00. The number of nitrogens with zero attached hydrogens (tertiary/aromatic N) is 4. The predicted octanol–water partition coefficient (Wildman–Crippen LogP) is 4.69. The monoisotopic (exact) mass is 463 g/mol. The molecule has 4 aromatic rings. The maximum Gasteiger partial charge on any atom is 0.307 e. The second-order valence-corrected chi connectivity index (χ2v) is 7.21. The zero-order valence-corrected chi connectivity index (χ0v) is 17.7. The topological polar surface area (TPSA) is 156 Å². The standard InChI is InChI=1S/C22H17N5O7/c1-14-4-2-3-5-20(14)34-19-9-15(8-16(10-19)26(29)30)24-22(28)21-7-6-18(33-21)13-25-12-17(11-23-25)27(31)32/h2-12H,13H2,1H3,(H,24,28). The molecule has 0 bridgehead atoms. The molecule has 0 aliphatic rings. The van der Waals surface area contributed by atoms with Gasteiger partial charge in [0.1, 0.15) is 29.7 Å². The van der Waals surface area contributed by atoms with Crippen molar-refractivity contribution in [3.63, 3.8) is 0 Å². The fraction of sp³-hybridized carbons (Fsp3) is 0.0909. The summed E-state index contributed by atoms with van der Waals surface area (Å²) in [7, 11) is 0. The van der Waals surface area contributed by atoms with Crippen molar-refractivity contribution in [1.82, 2.24) is 9.78 Å². The van der Waals surface area contributed by atoms with Crippen molar-refractivity contribution in [3.05, 3.63) is 104 Å². The zero-order chi connectivity index (χ0) is 24.2. The molecule has 0 fully saturated rings. The van der Waals surface area contributed by atoms with Gasteiger partial charge in [-0.05, 0) is 30.7 Å². The minimum absolute atomic E-state index is 0.0514. The molecule has 4 rings (SSSR count). The summed E-state index contributed by atoms with van der Waals surface area (Å²) in [6.45, 7) is 1.91. The molecule has 2 heterocycles. The van der Waals surface area contributed by atoms with Crippen LogP contribution in [0.25, 0.3) is 0 Å². The summed E-state index contributed by atoms with van der Waals surface area (Å²) in [5, 5.41) is 28.6. The number of nitro benzene ring substituents is 1. The second-order valence-electron chi connectivity index (χ2n) is 7.21. The highest BCUT2D eigenvalue weighted by Crippen LogP contribution is 2.31. The van der Waals surface area contributed by atoms with E-state index < -0.39 is 15.8 Å². The van der Waals surface area contributed by atoms with Gasteiger partial charge in [-0.2, -0.15) is 5.10 Å². The lowest BCUT2D eigenvalue weighted by molar-refractivity contribution is -0.385. The van der Waals surface area contributed by atoms with Crippen LogP contribution >= 0.6 is 0 Å². The van der Waals surface area contributed by atoms with Crippen molar-refractivity contribution in [1.29, 1.82) is 0 Å².